The van der Waals surface area contributed by atoms with Gasteiger partial charge in [0.1, 0.15) is 6.61 Å². The van der Waals surface area contributed by atoms with Crippen molar-refractivity contribution in [2.75, 3.05) is 0 Å². The van der Waals surface area contributed by atoms with E-state index in [4.69, 9.17) is 4.74 Å². The molecule has 3 aromatic carbocycles. The van der Waals surface area contributed by atoms with Crippen LogP contribution in [0, 0.1) is 29.2 Å². The van der Waals surface area contributed by atoms with E-state index in [1.807, 2.05) is 0 Å². The summed E-state index contributed by atoms with van der Waals surface area (Å²) in [6, 6.07) is 13.0. The Bertz CT molecular complexity index is 1120. The number of benzene rings is 3. The minimum absolute atomic E-state index is 0.0258. The first kappa shape index (κ1) is 23.3. The van der Waals surface area contributed by atoms with E-state index in [0.717, 1.165) is 25.7 Å². The summed E-state index contributed by atoms with van der Waals surface area (Å²) in [5.74, 6) is -2.93. The molecule has 4 rings (SSSR count). The quantitative estimate of drug-likeness (QED) is 0.339. The van der Waals surface area contributed by atoms with Gasteiger partial charge in [-0.15, -0.1) is 0 Å². The van der Waals surface area contributed by atoms with Crippen molar-refractivity contribution in [2.45, 2.75) is 58.5 Å². The van der Waals surface area contributed by atoms with Crippen molar-refractivity contribution in [3.8, 4) is 16.9 Å². The molecule has 0 radical (unpaired) electrons. The highest BCUT2D eigenvalue weighted by Crippen LogP contribution is 2.38. The summed E-state index contributed by atoms with van der Waals surface area (Å²) >= 11 is 0. The van der Waals surface area contributed by atoms with Crippen molar-refractivity contribution in [3.63, 3.8) is 0 Å². The molecule has 5 heteroatoms. The lowest BCUT2D eigenvalue weighted by Gasteiger charge is -2.27. The second kappa shape index (κ2) is 9.98. The van der Waals surface area contributed by atoms with Gasteiger partial charge < -0.3 is 4.74 Å². The summed E-state index contributed by atoms with van der Waals surface area (Å²) < 4.78 is 63.3. The van der Waals surface area contributed by atoms with Gasteiger partial charge in [0.15, 0.2) is 23.2 Å². The zero-order chi connectivity index (χ0) is 23.5. The van der Waals surface area contributed by atoms with Gasteiger partial charge in [0.05, 0.1) is 0 Å². The van der Waals surface area contributed by atoms with Crippen molar-refractivity contribution in [2.24, 2.45) is 5.92 Å². The SMILES string of the molecule is CCc1ccc(OCc2ccc(-c3ccc(C4CCC(C)CC4)c(F)c3F)cc2)c(F)c1F. The van der Waals surface area contributed by atoms with Crippen LogP contribution in [0.4, 0.5) is 17.6 Å². The molecule has 1 aliphatic carbocycles. The third kappa shape index (κ3) is 4.92. The Labute approximate surface area is 192 Å². The van der Waals surface area contributed by atoms with Crippen LogP contribution < -0.4 is 4.74 Å². The van der Waals surface area contributed by atoms with Crippen LogP contribution >= 0.6 is 0 Å². The molecular weight excluding hydrogens is 428 g/mol. The van der Waals surface area contributed by atoms with E-state index in [-0.39, 0.29) is 23.8 Å². The molecule has 1 fully saturated rings. The van der Waals surface area contributed by atoms with Gasteiger partial charge >= 0.3 is 0 Å². The van der Waals surface area contributed by atoms with Gasteiger partial charge in [-0.05, 0) is 59.4 Å². The molecule has 0 spiro atoms. The summed E-state index contributed by atoms with van der Waals surface area (Å²) in [7, 11) is 0. The highest BCUT2D eigenvalue weighted by Gasteiger charge is 2.25. The predicted octanol–water partition coefficient (Wildman–Crippen LogP) is 8.35. The van der Waals surface area contributed by atoms with Crippen LogP contribution in [0.15, 0.2) is 48.5 Å². The third-order valence-corrected chi connectivity index (χ3v) is 6.73. The number of ether oxygens (including phenoxy) is 1. The van der Waals surface area contributed by atoms with Gasteiger partial charge in [-0.1, -0.05) is 69.2 Å². The molecule has 0 bridgehead atoms. The first-order chi connectivity index (χ1) is 15.9. The lowest BCUT2D eigenvalue weighted by atomic mass is 9.79. The summed E-state index contributed by atoms with van der Waals surface area (Å²) in [6.07, 6.45) is 4.24. The standard InChI is InChI=1S/C28H28F4O/c1-3-19-12-15-24(28(32)25(19)29)33-16-18-6-10-21(11-7-18)23-14-13-22(26(30)27(23)31)20-8-4-17(2)5-9-20/h6-7,10-15,17,20H,3-5,8-9,16H2,1-2H3. The zero-order valence-corrected chi connectivity index (χ0v) is 18.9. The van der Waals surface area contributed by atoms with Gasteiger partial charge in [-0.3, -0.25) is 0 Å². The molecule has 3 aromatic rings. The van der Waals surface area contributed by atoms with Gasteiger partial charge in [0.25, 0.3) is 0 Å². The largest absolute Gasteiger partial charge is 0.486 e. The first-order valence-corrected chi connectivity index (χ1v) is 11.6. The number of rotatable bonds is 6. The van der Waals surface area contributed by atoms with Crippen molar-refractivity contribution >= 4 is 0 Å². The average molecular weight is 457 g/mol. The van der Waals surface area contributed by atoms with Crippen LogP contribution in [-0.4, -0.2) is 0 Å². The third-order valence-electron chi connectivity index (χ3n) is 6.73. The summed E-state index contributed by atoms with van der Waals surface area (Å²) in [4.78, 5) is 0. The number of hydrogen-bond acceptors (Lipinski definition) is 1. The van der Waals surface area contributed by atoms with Crippen LogP contribution in [-0.2, 0) is 13.0 Å². The minimum Gasteiger partial charge on any atom is -0.486 e. The van der Waals surface area contributed by atoms with Crippen molar-refractivity contribution in [1.82, 2.24) is 0 Å². The maximum absolute atomic E-state index is 14.9. The number of halogens is 4. The molecule has 1 aliphatic rings. The maximum Gasteiger partial charge on any atom is 0.200 e. The molecule has 1 saturated carbocycles. The fourth-order valence-corrected chi connectivity index (χ4v) is 4.57. The Balaban J connectivity index is 1.47. The lowest BCUT2D eigenvalue weighted by molar-refractivity contribution is 0.284. The van der Waals surface area contributed by atoms with E-state index in [9.17, 15) is 17.6 Å². The monoisotopic (exact) mass is 456 g/mol. The molecule has 0 N–H and O–H groups in total. The maximum atomic E-state index is 14.9. The predicted molar refractivity (Wildman–Crippen MR) is 122 cm³/mol. The van der Waals surface area contributed by atoms with Crippen LogP contribution in [0.3, 0.4) is 0 Å². The van der Waals surface area contributed by atoms with E-state index in [1.54, 1.807) is 43.3 Å². The Hall–Kier alpha value is -2.82. The van der Waals surface area contributed by atoms with E-state index in [1.165, 1.54) is 12.1 Å². The van der Waals surface area contributed by atoms with Gasteiger partial charge in [-0.2, -0.15) is 4.39 Å². The Morgan fingerprint density at radius 2 is 1.45 bits per heavy atom. The summed E-state index contributed by atoms with van der Waals surface area (Å²) in [5.41, 5.74) is 2.21. The summed E-state index contributed by atoms with van der Waals surface area (Å²) in [6.45, 7) is 3.97. The number of hydrogen-bond donors (Lipinski definition) is 0. The van der Waals surface area contributed by atoms with Crippen LogP contribution in [0.25, 0.3) is 11.1 Å². The molecule has 174 valence electrons. The Morgan fingerprint density at radius 3 is 2.12 bits per heavy atom. The normalized spacial score (nSPS) is 18.4. The fraction of sp³-hybridized carbons (Fsp3) is 0.357. The molecule has 33 heavy (non-hydrogen) atoms. The highest BCUT2D eigenvalue weighted by atomic mass is 19.2. The Kier molecular flexibility index (Phi) is 7.06. The minimum atomic E-state index is -1.00. The van der Waals surface area contributed by atoms with Gasteiger partial charge in [0.2, 0.25) is 5.82 Å². The van der Waals surface area contributed by atoms with E-state index in [0.29, 0.717) is 34.6 Å². The smallest absolute Gasteiger partial charge is 0.200 e. The average Bonchev–Trinajstić information content (AvgIpc) is 2.83. The van der Waals surface area contributed by atoms with Gasteiger partial charge in [-0.25, -0.2) is 13.2 Å². The van der Waals surface area contributed by atoms with E-state index >= 15 is 0 Å². The van der Waals surface area contributed by atoms with E-state index in [2.05, 4.69) is 6.92 Å². The molecule has 0 amide bonds. The van der Waals surface area contributed by atoms with Crippen molar-refractivity contribution < 1.29 is 22.3 Å². The molecule has 0 unspecified atom stereocenters. The molecular formula is C28H28F4O. The Morgan fingerprint density at radius 1 is 0.758 bits per heavy atom. The molecule has 0 heterocycles. The van der Waals surface area contributed by atoms with Crippen LogP contribution in [0.2, 0.25) is 0 Å². The topological polar surface area (TPSA) is 9.23 Å². The molecule has 1 nitrogen and oxygen atoms in total. The van der Waals surface area contributed by atoms with Crippen molar-refractivity contribution in [3.05, 3.63) is 88.5 Å². The number of aryl methyl sites for hydroxylation is 1. The molecule has 0 aliphatic heterocycles. The second-order valence-electron chi connectivity index (χ2n) is 8.98. The summed E-state index contributed by atoms with van der Waals surface area (Å²) in [5, 5.41) is 0. The first-order valence-electron chi connectivity index (χ1n) is 11.6. The van der Waals surface area contributed by atoms with Crippen molar-refractivity contribution in [1.29, 1.82) is 0 Å². The van der Waals surface area contributed by atoms with E-state index < -0.39 is 23.3 Å². The van der Waals surface area contributed by atoms with Crippen LogP contribution in [0.1, 0.15) is 62.1 Å². The molecule has 0 atom stereocenters. The van der Waals surface area contributed by atoms with Crippen LogP contribution in [0.5, 0.6) is 5.75 Å². The van der Waals surface area contributed by atoms with Gasteiger partial charge in [0, 0.05) is 5.56 Å². The highest BCUT2D eigenvalue weighted by molar-refractivity contribution is 5.65. The lowest BCUT2D eigenvalue weighted by Crippen LogP contribution is -2.13. The molecule has 0 saturated heterocycles. The fourth-order valence-electron chi connectivity index (χ4n) is 4.57. The second-order valence-corrected chi connectivity index (χ2v) is 8.98. The molecule has 0 aromatic heterocycles. The zero-order valence-electron chi connectivity index (χ0n) is 18.9.